The standard InChI is InChI=1S/C26H30N8O2/c1-5-34-19(6-8-33(4)15-35)12-24(32-34)31-23-11-18-10-22(30-17(3)21(18)14-28-23)20-13-29-26-25(16(20)2)27-7-9-36-26/h10-15,27H,5-9H2,1-4H3,(H,28,31,32). The number of anilines is 3. The molecule has 4 aromatic rings. The van der Waals surface area contributed by atoms with Crippen LogP contribution in [0, 0.1) is 13.8 Å². The van der Waals surface area contributed by atoms with Gasteiger partial charge in [0.1, 0.15) is 18.1 Å². The Kier molecular flexibility index (Phi) is 6.41. The Morgan fingerprint density at radius 2 is 2.06 bits per heavy atom. The van der Waals surface area contributed by atoms with Gasteiger partial charge in [0.05, 0.1) is 5.69 Å². The minimum Gasteiger partial charge on any atom is -0.474 e. The van der Waals surface area contributed by atoms with Crippen LogP contribution in [0.15, 0.2) is 30.6 Å². The number of rotatable bonds is 8. The van der Waals surface area contributed by atoms with Crippen LogP contribution in [0.2, 0.25) is 0 Å². The van der Waals surface area contributed by atoms with Crippen molar-refractivity contribution in [3.63, 3.8) is 0 Å². The molecule has 0 saturated carbocycles. The molecule has 36 heavy (non-hydrogen) atoms. The van der Waals surface area contributed by atoms with E-state index in [2.05, 4.69) is 45.6 Å². The van der Waals surface area contributed by atoms with Crippen molar-refractivity contribution in [2.45, 2.75) is 33.7 Å². The minimum absolute atomic E-state index is 0.614. The zero-order chi connectivity index (χ0) is 25.2. The molecule has 5 heterocycles. The largest absolute Gasteiger partial charge is 0.474 e. The van der Waals surface area contributed by atoms with E-state index in [1.54, 1.807) is 11.9 Å². The van der Waals surface area contributed by atoms with Crippen LogP contribution in [0.1, 0.15) is 23.9 Å². The van der Waals surface area contributed by atoms with Gasteiger partial charge in [0.2, 0.25) is 12.3 Å². The molecule has 186 valence electrons. The molecule has 0 radical (unpaired) electrons. The number of likely N-dealkylation sites (N-methyl/N-ethyl adjacent to an activating group) is 1. The molecule has 0 aliphatic carbocycles. The summed E-state index contributed by atoms with van der Waals surface area (Å²) in [5, 5.41) is 13.4. The van der Waals surface area contributed by atoms with E-state index in [0.29, 0.717) is 24.8 Å². The van der Waals surface area contributed by atoms with Gasteiger partial charge in [-0.05, 0) is 43.9 Å². The first-order chi connectivity index (χ1) is 17.5. The van der Waals surface area contributed by atoms with Crippen LogP contribution >= 0.6 is 0 Å². The van der Waals surface area contributed by atoms with Crippen molar-refractivity contribution in [2.75, 3.05) is 37.4 Å². The number of nitrogens with zero attached hydrogens (tertiary/aromatic N) is 6. The first kappa shape index (κ1) is 23.5. The highest BCUT2D eigenvalue weighted by Gasteiger charge is 2.18. The van der Waals surface area contributed by atoms with Gasteiger partial charge in [-0.25, -0.2) is 9.97 Å². The van der Waals surface area contributed by atoms with Gasteiger partial charge in [-0.1, -0.05) is 0 Å². The number of aromatic nitrogens is 5. The average Bonchev–Trinajstić information content (AvgIpc) is 3.28. The molecule has 1 aliphatic heterocycles. The zero-order valence-corrected chi connectivity index (χ0v) is 21.0. The third kappa shape index (κ3) is 4.53. The number of fused-ring (bicyclic) bond motifs is 2. The van der Waals surface area contributed by atoms with E-state index in [4.69, 9.17) is 9.72 Å². The average molecular weight is 487 g/mol. The second kappa shape index (κ2) is 9.80. The Bertz CT molecular complexity index is 1430. The van der Waals surface area contributed by atoms with Crippen LogP contribution < -0.4 is 15.4 Å². The fourth-order valence-electron chi connectivity index (χ4n) is 4.47. The lowest BCUT2D eigenvalue weighted by molar-refractivity contribution is -0.116. The van der Waals surface area contributed by atoms with Gasteiger partial charge in [0.15, 0.2) is 5.82 Å². The molecule has 10 nitrogen and oxygen atoms in total. The number of hydrogen-bond donors (Lipinski definition) is 2. The number of pyridine rings is 3. The van der Waals surface area contributed by atoms with Crippen LogP contribution in [-0.2, 0) is 17.8 Å². The van der Waals surface area contributed by atoms with E-state index >= 15 is 0 Å². The SMILES string of the molecule is CCn1nc(Nc2cc3cc(-c4cnc5c(c4C)NCCO5)nc(C)c3cn2)cc1CCN(C)C=O. The van der Waals surface area contributed by atoms with Crippen LogP contribution in [0.25, 0.3) is 22.0 Å². The van der Waals surface area contributed by atoms with Gasteiger partial charge in [0.25, 0.3) is 0 Å². The lowest BCUT2D eigenvalue weighted by atomic mass is 10.0. The Labute approximate surface area is 209 Å². The summed E-state index contributed by atoms with van der Waals surface area (Å²) in [4.78, 5) is 26.5. The van der Waals surface area contributed by atoms with Gasteiger partial charge >= 0.3 is 0 Å². The van der Waals surface area contributed by atoms with Crippen LogP contribution in [-0.4, -0.2) is 62.8 Å². The third-order valence-electron chi connectivity index (χ3n) is 6.45. The molecule has 10 heteroatoms. The maximum atomic E-state index is 10.9. The Morgan fingerprint density at radius 3 is 2.86 bits per heavy atom. The number of ether oxygens (including phenoxy) is 1. The van der Waals surface area contributed by atoms with Gasteiger partial charge in [-0.3, -0.25) is 14.5 Å². The lowest BCUT2D eigenvalue weighted by Gasteiger charge is -2.21. The van der Waals surface area contributed by atoms with Crippen molar-refractivity contribution in [1.82, 2.24) is 29.6 Å². The molecule has 4 aromatic heterocycles. The number of nitrogens with one attached hydrogen (secondary N) is 2. The molecule has 0 saturated heterocycles. The molecular formula is C26H30N8O2. The summed E-state index contributed by atoms with van der Waals surface area (Å²) in [5.41, 5.74) is 5.78. The third-order valence-corrected chi connectivity index (χ3v) is 6.45. The Morgan fingerprint density at radius 1 is 1.19 bits per heavy atom. The molecule has 0 bridgehead atoms. The summed E-state index contributed by atoms with van der Waals surface area (Å²) >= 11 is 0. The Hall–Kier alpha value is -4.21. The van der Waals surface area contributed by atoms with Crippen LogP contribution in [0.5, 0.6) is 5.88 Å². The molecule has 1 amide bonds. The molecule has 0 unspecified atom stereocenters. The number of carbonyl (C=O) groups excluding carboxylic acids is 1. The van der Waals surface area contributed by atoms with Crippen molar-refractivity contribution in [3.8, 4) is 17.1 Å². The van der Waals surface area contributed by atoms with Crippen molar-refractivity contribution >= 4 is 34.5 Å². The summed E-state index contributed by atoms with van der Waals surface area (Å²) in [7, 11) is 1.77. The Balaban J connectivity index is 1.45. The zero-order valence-electron chi connectivity index (χ0n) is 21.0. The van der Waals surface area contributed by atoms with Gasteiger partial charge in [0, 0.05) is 73.9 Å². The maximum absolute atomic E-state index is 10.9. The number of hydrogen-bond acceptors (Lipinski definition) is 8. The highest BCUT2D eigenvalue weighted by Crippen LogP contribution is 2.36. The van der Waals surface area contributed by atoms with Crippen molar-refractivity contribution < 1.29 is 9.53 Å². The molecule has 2 N–H and O–H groups in total. The lowest BCUT2D eigenvalue weighted by Crippen LogP contribution is -2.20. The van der Waals surface area contributed by atoms with Gasteiger partial charge in [-0.15, -0.1) is 0 Å². The molecule has 0 aromatic carbocycles. The summed E-state index contributed by atoms with van der Waals surface area (Å²) in [6.45, 7) is 8.86. The first-order valence-electron chi connectivity index (χ1n) is 12.1. The predicted octanol–water partition coefficient (Wildman–Crippen LogP) is 3.70. The quantitative estimate of drug-likeness (QED) is 0.363. The second-order valence-electron chi connectivity index (χ2n) is 8.93. The first-order valence-corrected chi connectivity index (χ1v) is 12.1. The number of aryl methyl sites for hydroxylation is 2. The molecule has 0 spiro atoms. The number of amides is 1. The second-order valence-corrected chi connectivity index (χ2v) is 8.93. The topological polar surface area (TPSA) is 110 Å². The van der Waals surface area contributed by atoms with Crippen LogP contribution in [0.3, 0.4) is 0 Å². The molecule has 0 fully saturated rings. The van der Waals surface area contributed by atoms with E-state index in [1.807, 2.05) is 36.1 Å². The van der Waals surface area contributed by atoms with E-state index < -0.39 is 0 Å². The highest BCUT2D eigenvalue weighted by atomic mass is 16.5. The highest BCUT2D eigenvalue weighted by molar-refractivity contribution is 5.90. The van der Waals surface area contributed by atoms with E-state index in [9.17, 15) is 4.79 Å². The monoisotopic (exact) mass is 486 g/mol. The van der Waals surface area contributed by atoms with E-state index in [0.717, 1.165) is 76.4 Å². The normalized spacial score (nSPS) is 12.6. The van der Waals surface area contributed by atoms with Gasteiger partial charge in [-0.2, -0.15) is 5.10 Å². The maximum Gasteiger partial charge on any atom is 0.237 e. The molecule has 1 aliphatic rings. The molecule has 5 rings (SSSR count). The van der Waals surface area contributed by atoms with Crippen molar-refractivity contribution in [3.05, 3.63) is 47.5 Å². The summed E-state index contributed by atoms with van der Waals surface area (Å²) in [5.74, 6) is 2.06. The predicted molar refractivity (Wildman–Crippen MR) is 140 cm³/mol. The number of carbonyl (C=O) groups is 1. The van der Waals surface area contributed by atoms with Gasteiger partial charge < -0.3 is 20.3 Å². The molecule has 0 atom stereocenters. The van der Waals surface area contributed by atoms with Crippen molar-refractivity contribution in [1.29, 1.82) is 0 Å². The van der Waals surface area contributed by atoms with Crippen molar-refractivity contribution in [2.24, 2.45) is 0 Å². The van der Waals surface area contributed by atoms with E-state index in [-0.39, 0.29) is 0 Å². The van der Waals surface area contributed by atoms with Crippen LogP contribution in [0.4, 0.5) is 17.3 Å². The molecular weight excluding hydrogens is 456 g/mol. The minimum atomic E-state index is 0.614. The summed E-state index contributed by atoms with van der Waals surface area (Å²) < 4.78 is 7.62. The smallest absolute Gasteiger partial charge is 0.237 e. The van der Waals surface area contributed by atoms with E-state index in [1.165, 1.54) is 0 Å². The fourth-order valence-corrected chi connectivity index (χ4v) is 4.47. The summed E-state index contributed by atoms with van der Waals surface area (Å²) in [6.07, 6.45) is 5.23. The summed E-state index contributed by atoms with van der Waals surface area (Å²) in [6, 6.07) is 6.09. The fraction of sp³-hybridized carbons (Fsp3) is 0.346.